The van der Waals surface area contributed by atoms with E-state index in [2.05, 4.69) is 40.1 Å². The molecule has 0 aliphatic heterocycles. The number of carbonyl (C=O) groups excluding carboxylic acids is 1. The van der Waals surface area contributed by atoms with Gasteiger partial charge in [0, 0.05) is 17.7 Å². The lowest BCUT2D eigenvalue weighted by molar-refractivity contribution is -0.116. The van der Waals surface area contributed by atoms with Gasteiger partial charge in [-0.15, -0.1) is 0 Å². The first kappa shape index (κ1) is 18.5. The zero-order valence-corrected chi connectivity index (χ0v) is 16.6. The van der Waals surface area contributed by atoms with E-state index >= 15 is 0 Å². The summed E-state index contributed by atoms with van der Waals surface area (Å²) in [5.41, 5.74) is 2.94. The number of nitrogens with zero attached hydrogens (tertiary/aromatic N) is 1. The molecule has 3 aromatic rings. The van der Waals surface area contributed by atoms with Crippen LogP contribution in [0.15, 0.2) is 45.3 Å². The molecule has 0 bridgehead atoms. The molecule has 6 heteroatoms. The minimum Gasteiger partial charge on any atom is -0.496 e. The average molecular weight is 417 g/mol. The molecule has 2 aromatic carbocycles. The standard InChI is InChI=1S/C20H21BrN2O3/c1-12(2)4-9-19(24)22-14-6-8-18-16(11-14)23-20(26-18)13-5-7-17(25-3)15(21)10-13/h5-8,10-12H,4,9H2,1-3H3,(H,22,24). The van der Waals surface area contributed by atoms with Crippen molar-refractivity contribution in [1.29, 1.82) is 0 Å². The van der Waals surface area contributed by atoms with E-state index in [0.29, 0.717) is 29.3 Å². The molecule has 3 rings (SSSR count). The van der Waals surface area contributed by atoms with Crippen LogP contribution < -0.4 is 10.1 Å². The Bertz CT molecular complexity index is 934. The molecule has 0 atom stereocenters. The molecule has 0 spiro atoms. The maximum absolute atomic E-state index is 12.0. The van der Waals surface area contributed by atoms with E-state index in [4.69, 9.17) is 9.15 Å². The lowest BCUT2D eigenvalue weighted by Gasteiger charge is -2.06. The number of amides is 1. The molecule has 136 valence electrons. The number of halogens is 1. The molecular formula is C20H21BrN2O3. The highest BCUT2D eigenvalue weighted by atomic mass is 79.9. The van der Waals surface area contributed by atoms with Crippen LogP contribution in [-0.2, 0) is 4.79 Å². The lowest BCUT2D eigenvalue weighted by atomic mass is 10.1. The van der Waals surface area contributed by atoms with Gasteiger partial charge in [-0.25, -0.2) is 4.98 Å². The first-order chi connectivity index (χ1) is 12.5. The number of oxazole rings is 1. The summed E-state index contributed by atoms with van der Waals surface area (Å²) in [5.74, 6) is 1.79. The summed E-state index contributed by atoms with van der Waals surface area (Å²) < 4.78 is 11.9. The minimum absolute atomic E-state index is 0.0147. The van der Waals surface area contributed by atoms with Crippen molar-refractivity contribution in [3.05, 3.63) is 40.9 Å². The van der Waals surface area contributed by atoms with E-state index in [0.717, 1.165) is 27.9 Å². The first-order valence-electron chi connectivity index (χ1n) is 8.50. The van der Waals surface area contributed by atoms with Gasteiger partial charge in [-0.05, 0) is 64.7 Å². The third-order valence-electron chi connectivity index (χ3n) is 4.02. The van der Waals surface area contributed by atoms with Crippen molar-refractivity contribution in [2.45, 2.75) is 26.7 Å². The molecule has 0 aliphatic rings. The molecule has 1 aromatic heterocycles. The first-order valence-corrected chi connectivity index (χ1v) is 9.30. The number of ether oxygens (including phenoxy) is 1. The molecule has 5 nitrogen and oxygen atoms in total. The van der Waals surface area contributed by atoms with Crippen LogP contribution >= 0.6 is 15.9 Å². The second-order valence-electron chi connectivity index (χ2n) is 6.53. The van der Waals surface area contributed by atoms with Gasteiger partial charge in [0.25, 0.3) is 0 Å². The van der Waals surface area contributed by atoms with Gasteiger partial charge < -0.3 is 14.5 Å². The summed E-state index contributed by atoms with van der Waals surface area (Å²) in [5, 5.41) is 2.92. The SMILES string of the molecule is COc1ccc(-c2nc3cc(NC(=O)CCC(C)C)ccc3o2)cc1Br. The zero-order chi connectivity index (χ0) is 18.7. The van der Waals surface area contributed by atoms with Gasteiger partial charge >= 0.3 is 0 Å². The smallest absolute Gasteiger partial charge is 0.227 e. The van der Waals surface area contributed by atoms with Crippen molar-refractivity contribution in [1.82, 2.24) is 4.98 Å². The molecule has 1 heterocycles. The summed E-state index contributed by atoms with van der Waals surface area (Å²) in [6.45, 7) is 4.21. The summed E-state index contributed by atoms with van der Waals surface area (Å²) in [7, 11) is 1.62. The Morgan fingerprint density at radius 2 is 2.08 bits per heavy atom. The summed E-state index contributed by atoms with van der Waals surface area (Å²) in [6.07, 6.45) is 1.38. The number of aromatic nitrogens is 1. The van der Waals surface area contributed by atoms with Crippen molar-refractivity contribution < 1.29 is 13.9 Å². The van der Waals surface area contributed by atoms with Gasteiger partial charge in [0.05, 0.1) is 11.6 Å². The molecule has 1 amide bonds. The monoisotopic (exact) mass is 416 g/mol. The second-order valence-corrected chi connectivity index (χ2v) is 7.39. The van der Waals surface area contributed by atoms with Gasteiger partial charge in [-0.3, -0.25) is 4.79 Å². The molecular weight excluding hydrogens is 396 g/mol. The van der Waals surface area contributed by atoms with Crippen molar-refractivity contribution in [2.24, 2.45) is 5.92 Å². The number of rotatable bonds is 6. The predicted octanol–water partition coefficient (Wildman–Crippen LogP) is 5.64. The van der Waals surface area contributed by atoms with E-state index in [-0.39, 0.29) is 5.91 Å². The lowest BCUT2D eigenvalue weighted by Crippen LogP contribution is -2.12. The van der Waals surface area contributed by atoms with Crippen LogP contribution in [0, 0.1) is 5.92 Å². The zero-order valence-electron chi connectivity index (χ0n) is 15.0. The molecule has 1 N–H and O–H groups in total. The van der Waals surface area contributed by atoms with E-state index in [1.54, 1.807) is 7.11 Å². The Balaban J connectivity index is 1.81. The van der Waals surface area contributed by atoms with Crippen molar-refractivity contribution >= 4 is 38.6 Å². The Morgan fingerprint density at radius 3 is 2.77 bits per heavy atom. The predicted molar refractivity (Wildman–Crippen MR) is 106 cm³/mol. The molecule has 0 radical (unpaired) electrons. The van der Waals surface area contributed by atoms with Gasteiger partial charge in [-0.1, -0.05) is 13.8 Å². The third-order valence-corrected chi connectivity index (χ3v) is 4.64. The fourth-order valence-electron chi connectivity index (χ4n) is 2.57. The summed E-state index contributed by atoms with van der Waals surface area (Å²) >= 11 is 3.47. The van der Waals surface area contributed by atoms with Crippen molar-refractivity contribution in [3.8, 4) is 17.2 Å². The van der Waals surface area contributed by atoms with Crippen LogP contribution in [0.5, 0.6) is 5.75 Å². The molecule has 0 unspecified atom stereocenters. The number of anilines is 1. The van der Waals surface area contributed by atoms with Crippen LogP contribution in [0.2, 0.25) is 0 Å². The maximum Gasteiger partial charge on any atom is 0.227 e. The Hall–Kier alpha value is -2.34. The van der Waals surface area contributed by atoms with Crippen LogP contribution in [0.25, 0.3) is 22.6 Å². The number of methoxy groups -OCH3 is 1. The fourth-order valence-corrected chi connectivity index (χ4v) is 3.11. The van der Waals surface area contributed by atoms with E-state index in [1.165, 1.54) is 0 Å². The Labute approximate surface area is 160 Å². The number of carbonyl (C=O) groups is 1. The van der Waals surface area contributed by atoms with E-state index in [9.17, 15) is 4.79 Å². The van der Waals surface area contributed by atoms with Gasteiger partial charge in [-0.2, -0.15) is 0 Å². The Morgan fingerprint density at radius 1 is 1.27 bits per heavy atom. The van der Waals surface area contributed by atoms with Crippen LogP contribution in [0.1, 0.15) is 26.7 Å². The molecule has 0 saturated heterocycles. The van der Waals surface area contributed by atoms with Crippen LogP contribution in [0.3, 0.4) is 0 Å². The number of hydrogen-bond acceptors (Lipinski definition) is 4. The highest BCUT2D eigenvalue weighted by Gasteiger charge is 2.12. The molecule has 26 heavy (non-hydrogen) atoms. The maximum atomic E-state index is 12.0. The summed E-state index contributed by atoms with van der Waals surface area (Å²) in [6, 6.07) is 11.1. The molecule has 0 aliphatic carbocycles. The largest absolute Gasteiger partial charge is 0.496 e. The van der Waals surface area contributed by atoms with Crippen LogP contribution in [0.4, 0.5) is 5.69 Å². The summed E-state index contributed by atoms with van der Waals surface area (Å²) in [4.78, 5) is 16.5. The number of hydrogen-bond donors (Lipinski definition) is 1. The fraction of sp³-hybridized carbons (Fsp3) is 0.300. The topological polar surface area (TPSA) is 64.4 Å². The minimum atomic E-state index is 0.0147. The molecule has 0 fully saturated rings. The number of nitrogens with one attached hydrogen (secondary N) is 1. The Kier molecular flexibility index (Phi) is 5.61. The average Bonchev–Trinajstić information content (AvgIpc) is 3.03. The highest BCUT2D eigenvalue weighted by molar-refractivity contribution is 9.10. The van der Waals surface area contributed by atoms with Crippen molar-refractivity contribution in [2.75, 3.05) is 12.4 Å². The van der Waals surface area contributed by atoms with Gasteiger partial charge in [0.2, 0.25) is 11.8 Å². The second kappa shape index (κ2) is 7.91. The van der Waals surface area contributed by atoms with E-state index in [1.807, 2.05) is 36.4 Å². The normalized spacial score (nSPS) is 11.1. The number of fused-ring (bicyclic) bond motifs is 1. The quantitative estimate of drug-likeness (QED) is 0.564. The van der Waals surface area contributed by atoms with Gasteiger partial charge in [0.1, 0.15) is 11.3 Å². The number of benzene rings is 2. The highest BCUT2D eigenvalue weighted by Crippen LogP contribution is 2.32. The molecule has 0 saturated carbocycles. The van der Waals surface area contributed by atoms with Crippen LogP contribution in [-0.4, -0.2) is 18.0 Å². The van der Waals surface area contributed by atoms with Crippen molar-refractivity contribution in [3.63, 3.8) is 0 Å². The van der Waals surface area contributed by atoms with E-state index < -0.39 is 0 Å². The third kappa shape index (κ3) is 4.25. The van der Waals surface area contributed by atoms with Gasteiger partial charge in [0.15, 0.2) is 5.58 Å².